The Morgan fingerprint density at radius 3 is 2.73 bits per heavy atom. The minimum atomic E-state index is -0.555. The third-order valence-corrected chi connectivity index (χ3v) is 4.66. The van der Waals surface area contributed by atoms with Crippen molar-refractivity contribution in [3.05, 3.63) is 82.2 Å². The first kappa shape index (κ1) is 21.4. The van der Waals surface area contributed by atoms with Crippen molar-refractivity contribution in [1.29, 1.82) is 0 Å². The summed E-state index contributed by atoms with van der Waals surface area (Å²) < 4.78 is 21.5. The quantitative estimate of drug-likeness (QED) is 0.590. The van der Waals surface area contributed by atoms with Crippen molar-refractivity contribution in [3.8, 4) is 16.9 Å². The van der Waals surface area contributed by atoms with Crippen LogP contribution in [0.15, 0.2) is 59.7 Å². The summed E-state index contributed by atoms with van der Waals surface area (Å²) >= 11 is 6.07. The van der Waals surface area contributed by atoms with Gasteiger partial charge in [0.25, 0.3) is 0 Å². The molecule has 6 nitrogen and oxygen atoms in total. The van der Waals surface area contributed by atoms with E-state index in [1.54, 1.807) is 49.4 Å². The van der Waals surface area contributed by atoms with Crippen LogP contribution in [0.3, 0.4) is 0 Å². The second-order valence-corrected chi connectivity index (χ2v) is 6.93. The Labute approximate surface area is 178 Å². The maximum Gasteiger partial charge on any atom is 0.343 e. The first-order valence-corrected chi connectivity index (χ1v) is 9.65. The molecule has 2 amide bonds. The molecule has 1 aromatic heterocycles. The molecule has 2 N–H and O–H groups in total. The van der Waals surface area contributed by atoms with E-state index >= 15 is 4.39 Å². The number of pyridine rings is 1. The van der Waals surface area contributed by atoms with E-state index in [2.05, 4.69) is 10.3 Å². The van der Waals surface area contributed by atoms with Gasteiger partial charge in [-0.2, -0.15) is 9.72 Å². The predicted molar refractivity (Wildman–Crippen MR) is 112 cm³/mol. The van der Waals surface area contributed by atoms with Crippen LogP contribution in [0.2, 0.25) is 5.02 Å². The molecular formula is C22H21ClFN3O3. The summed E-state index contributed by atoms with van der Waals surface area (Å²) in [5, 5.41) is 13.1. The van der Waals surface area contributed by atoms with Crippen molar-refractivity contribution in [2.45, 2.75) is 13.3 Å². The fourth-order valence-corrected chi connectivity index (χ4v) is 3.24. The third kappa shape index (κ3) is 4.80. The second kappa shape index (κ2) is 9.45. The summed E-state index contributed by atoms with van der Waals surface area (Å²) in [6.07, 6.45) is 1.60. The molecule has 156 valence electrons. The summed E-state index contributed by atoms with van der Waals surface area (Å²) in [6.45, 7) is 2.20. The van der Waals surface area contributed by atoms with Crippen molar-refractivity contribution in [2.75, 3.05) is 13.7 Å². The molecule has 1 heterocycles. The summed E-state index contributed by atoms with van der Waals surface area (Å²) in [6, 6.07) is 12.8. The fourth-order valence-electron chi connectivity index (χ4n) is 3.05. The first-order chi connectivity index (χ1) is 14.4. The molecule has 0 fully saturated rings. The monoisotopic (exact) mass is 429 g/mol. The molecule has 0 saturated heterocycles. The lowest BCUT2D eigenvalue weighted by molar-refractivity contribution is 0.170. The number of methoxy groups -OCH3 is 1. The number of hydrogen-bond acceptors (Lipinski definition) is 3. The molecule has 0 spiro atoms. The van der Waals surface area contributed by atoms with Crippen LogP contribution in [0, 0.1) is 5.82 Å². The Hall–Kier alpha value is -3.32. The van der Waals surface area contributed by atoms with Crippen LogP contribution < -0.4 is 15.5 Å². The van der Waals surface area contributed by atoms with E-state index in [1.807, 2.05) is 0 Å². The van der Waals surface area contributed by atoms with E-state index in [1.165, 1.54) is 19.4 Å². The number of hydrogen-bond donors (Lipinski definition) is 2. The second-order valence-electron chi connectivity index (χ2n) is 6.49. The van der Waals surface area contributed by atoms with Gasteiger partial charge in [-0.1, -0.05) is 35.9 Å². The zero-order chi connectivity index (χ0) is 21.7. The average molecular weight is 430 g/mol. The largest absolute Gasteiger partial charge is 0.496 e. The molecule has 0 unspecified atom stereocenters. The number of aromatic nitrogens is 1. The zero-order valence-electron chi connectivity index (χ0n) is 16.5. The van der Waals surface area contributed by atoms with Gasteiger partial charge in [-0.25, -0.2) is 9.18 Å². The van der Waals surface area contributed by atoms with Crippen molar-refractivity contribution in [3.63, 3.8) is 0 Å². The lowest BCUT2D eigenvalue weighted by Crippen LogP contribution is -2.26. The number of ether oxygens (including phenoxy) is 1. The van der Waals surface area contributed by atoms with E-state index in [-0.39, 0.29) is 11.9 Å². The van der Waals surface area contributed by atoms with Crippen LogP contribution in [-0.4, -0.2) is 29.6 Å². The number of benzene rings is 2. The van der Waals surface area contributed by atoms with E-state index in [9.17, 15) is 10.0 Å². The van der Waals surface area contributed by atoms with E-state index in [0.29, 0.717) is 39.6 Å². The van der Waals surface area contributed by atoms with Crippen LogP contribution in [0.4, 0.5) is 9.18 Å². The van der Waals surface area contributed by atoms with Crippen LogP contribution in [0.1, 0.15) is 18.1 Å². The van der Waals surface area contributed by atoms with Crippen molar-refractivity contribution in [1.82, 2.24) is 10.0 Å². The highest BCUT2D eigenvalue weighted by Crippen LogP contribution is 2.36. The van der Waals surface area contributed by atoms with Crippen molar-refractivity contribution in [2.24, 2.45) is 4.99 Å². The summed E-state index contributed by atoms with van der Waals surface area (Å²) in [5.41, 5.74) is 2.04. The van der Waals surface area contributed by atoms with Gasteiger partial charge in [0.15, 0.2) is 5.49 Å². The van der Waals surface area contributed by atoms with Crippen molar-refractivity contribution >= 4 is 17.6 Å². The van der Waals surface area contributed by atoms with Gasteiger partial charge < -0.3 is 15.3 Å². The number of carbonyl (C=O) groups excluding carboxylic acids is 1. The van der Waals surface area contributed by atoms with Gasteiger partial charge in [0.05, 0.1) is 12.7 Å². The van der Waals surface area contributed by atoms with Crippen LogP contribution in [0.5, 0.6) is 5.75 Å². The van der Waals surface area contributed by atoms with Gasteiger partial charge in [0.1, 0.15) is 11.6 Å². The Balaban J connectivity index is 1.97. The summed E-state index contributed by atoms with van der Waals surface area (Å²) in [5.74, 6) is -0.0379. The van der Waals surface area contributed by atoms with E-state index in [0.717, 1.165) is 4.73 Å². The molecule has 0 aliphatic carbocycles. The Bertz CT molecular complexity index is 1140. The van der Waals surface area contributed by atoms with Gasteiger partial charge in [0.2, 0.25) is 0 Å². The average Bonchev–Trinajstić information content (AvgIpc) is 2.71. The minimum Gasteiger partial charge on any atom is -0.496 e. The standard InChI is InChI=1S/C22H21ClFN3O3/c1-3-25-22(28)26-19-10-7-14(13-27(19)29)11-16-8-9-18(30-2)20(21(16)24)15-5-4-6-17(23)12-15/h4-10,12-13,29H,3,11H2,1-2H3,(H,25,28). The number of amides is 2. The van der Waals surface area contributed by atoms with Gasteiger partial charge in [0, 0.05) is 24.2 Å². The number of nitrogens with one attached hydrogen (secondary N) is 1. The maximum absolute atomic E-state index is 15.4. The maximum atomic E-state index is 15.4. The third-order valence-electron chi connectivity index (χ3n) is 4.42. The molecule has 3 aromatic rings. The molecule has 0 atom stereocenters. The molecule has 30 heavy (non-hydrogen) atoms. The van der Waals surface area contributed by atoms with Crippen LogP contribution in [-0.2, 0) is 6.42 Å². The number of nitrogens with zero attached hydrogens (tertiary/aromatic N) is 2. The first-order valence-electron chi connectivity index (χ1n) is 9.27. The Morgan fingerprint density at radius 1 is 1.27 bits per heavy atom. The zero-order valence-corrected chi connectivity index (χ0v) is 17.3. The molecule has 0 aliphatic heterocycles. The normalized spacial score (nSPS) is 11.4. The number of rotatable bonds is 5. The van der Waals surface area contributed by atoms with Crippen LogP contribution in [0.25, 0.3) is 11.1 Å². The lowest BCUT2D eigenvalue weighted by atomic mass is 9.97. The number of halogens is 2. The Kier molecular flexibility index (Phi) is 6.74. The lowest BCUT2D eigenvalue weighted by Gasteiger charge is -2.14. The highest BCUT2D eigenvalue weighted by molar-refractivity contribution is 6.30. The molecule has 2 aromatic carbocycles. The Morgan fingerprint density at radius 2 is 2.07 bits per heavy atom. The molecule has 0 saturated carbocycles. The predicted octanol–water partition coefficient (Wildman–Crippen LogP) is 4.41. The molecular weight excluding hydrogens is 409 g/mol. The number of carbonyl (C=O) groups is 1. The smallest absolute Gasteiger partial charge is 0.343 e. The van der Waals surface area contributed by atoms with Crippen molar-refractivity contribution < 1.29 is 19.1 Å². The highest BCUT2D eigenvalue weighted by Gasteiger charge is 2.17. The molecule has 0 aliphatic rings. The SMILES string of the molecule is CCNC(=O)N=c1ccc(Cc2ccc(OC)c(-c3cccc(Cl)c3)c2F)cn1O. The van der Waals surface area contributed by atoms with E-state index in [4.69, 9.17) is 16.3 Å². The van der Waals surface area contributed by atoms with Gasteiger partial charge in [-0.3, -0.25) is 0 Å². The molecule has 8 heteroatoms. The van der Waals surface area contributed by atoms with Crippen LogP contribution >= 0.6 is 11.6 Å². The van der Waals surface area contributed by atoms with Gasteiger partial charge >= 0.3 is 6.03 Å². The summed E-state index contributed by atoms with van der Waals surface area (Å²) in [4.78, 5) is 15.3. The van der Waals surface area contributed by atoms with Gasteiger partial charge in [-0.15, -0.1) is 0 Å². The molecule has 0 radical (unpaired) electrons. The topological polar surface area (TPSA) is 75.8 Å². The van der Waals surface area contributed by atoms with E-state index < -0.39 is 11.8 Å². The fraction of sp³-hybridized carbons (Fsp3) is 0.182. The molecule has 0 bridgehead atoms. The highest BCUT2D eigenvalue weighted by atomic mass is 35.5. The summed E-state index contributed by atoms with van der Waals surface area (Å²) in [7, 11) is 1.48. The number of urea groups is 1. The molecule has 3 rings (SSSR count). The minimum absolute atomic E-state index is 0.0690. The van der Waals surface area contributed by atoms with Gasteiger partial charge in [-0.05, 0) is 47.9 Å².